The van der Waals surface area contributed by atoms with Gasteiger partial charge in [-0.3, -0.25) is 0 Å². The second-order valence-corrected chi connectivity index (χ2v) is 5.82. The molecule has 0 fully saturated rings. The van der Waals surface area contributed by atoms with E-state index in [2.05, 4.69) is 32.9 Å². The number of hydrogen-bond donors (Lipinski definition) is 0. The summed E-state index contributed by atoms with van der Waals surface area (Å²) in [5, 5.41) is 0. The molecular formula is C15H20O. The van der Waals surface area contributed by atoms with Crippen LogP contribution in [0.15, 0.2) is 28.4 Å². The van der Waals surface area contributed by atoms with Crippen LogP contribution in [0, 0.1) is 11.3 Å². The molecule has 0 N–H and O–H groups in total. The minimum atomic E-state index is 0.408. The lowest BCUT2D eigenvalue weighted by Crippen LogP contribution is -2.34. The third-order valence-corrected chi connectivity index (χ3v) is 5.08. The molecule has 1 aromatic rings. The third kappa shape index (κ3) is 1.24. The Morgan fingerprint density at radius 3 is 3.00 bits per heavy atom. The van der Waals surface area contributed by atoms with Gasteiger partial charge >= 0.3 is 0 Å². The summed E-state index contributed by atoms with van der Waals surface area (Å²) in [5.74, 6) is 2.52. The van der Waals surface area contributed by atoms with E-state index in [1.165, 1.54) is 30.6 Å². The van der Waals surface area contributed by atoms with Gasteiger partial charge in [0.2, 0.25) is 0 Å². The lowest BCUT2D eigenvalue weighted by atomic mass is 9.60. The lowest BCUT2D eigenvalue weighted by Gasteiger charge is -2.44. The molecular weight excluding hydrogens is 196 g/mol. The molecule has 0 spiro atoms. The summed E-state index contributed by atoms with van der Waals surface area (Å²) >= 11 is 0. The van der Waals surface area contributed by atoms with Crippen LogP contribution in [0.4, 0.5) is 0 Å². The van der Waals surface area contributed by atoms with Crippen molar-refractivity contribution in [3.8, 4) is 0 Å². The van der Waals surface area contributed by atoms with E-state index in [0.29, 0.717) is 11.3 Å². The molecule has 16 heavy (non-hydrogen) atoms. The smallest absolute Gasteiger partial charge is 0.113 e. The quantitative estimate of drug-likeness (QED) is 0.589. The van der Waals surface area contributed by atoms with E-state index >= 15 is 0 Å². The first kappa shape index (κ1) is 10.2. The molecule has 0 aromatic carbocycles. The van der Waals surface area contributed by atoms with Crippen LogP contribution in [-0.4, -0.2) is 0 Å². The molecule has 1 heterocycles. The Labute approximate surface area is 97.5 Å². The molecule has 0 radical (unpaired) electrons. The highest BCUT2D eigenvalue weighted by Gasteiger charge is 2.40. The first-order valence-electron chi connectivity index (χ1n) is 6.36. The van der Waals surface area contributed by atoms with Crippen LogP contribution >= 0.6 is 0 Å². The van der Waals surface area contributed by atoms with Crippen molar-refractivity contribution in [3.63, 3.8) is 0 Å². The van der Waals surface area contributed by atoms with Gasteiger partial charge in [0.1, 0.15) is 5.76 Å². The van der Waals surface area contributed by atoms with Crippen molar-refractivity contribution >= 4 is 0 Å². The summed E-state index contributed by atoms with van der Waals surface area (Å²) in [6.45, 7) is 7.14. The highest BCUT2D eigenvalue weighted by atomic mass is 16.3. The number of rotatable bonds is 0. The van der Waals surface area contributed by atoms with Gasteiger partial charge in [-0.05, 0) is 49.1 Å². The number of allylic oxidation sites excluding steroid dienone is 2. The van der Waals surface area contributed by atoms with Crippen molar-refractivity contribution in [1.29, 1.82) is 0 Å². The van der Waals surface area contributed by atoms with Gasteiger partial charge in [0, 0.05) is 5.92 Å². The number of fused-ring (bicyclic) bond motifs is 2. The highest BCUT2D eigenvalue weighted by Crippen LogP contribution is 2.51. The summed E-state index contributed by atoms with van der Waals surface area (Å²) in [7, 11) is 0. The van der Waals surface area contributed by atoms with Crippen LogP contribution in [0.2, 0.25) is 0 Å². The molecule has 86 valence electrons. The second kappa shape index (κ2) is 3.26. The molecule has 0 unspecified atom stereocenters. The molecule has 1 aromatic heterocycles. The van der Waals surface area contributed by atoms with Crippen LogP contribution in [0.3, 0.4) is 0 Å². The van der Waals surface area contributed by atoms with Crippen molar-refractivity contribution in [2.24, 2.45) is 11.3 Å². The van der Waals surface area contributed by atoms with Gasteiger partial charge in [0.25, 0.3) is 0 Å². The summed E-state index contributed by atoms with van der Waals surface area (Å²) < 4.78 is 5.70. The standard InChI is InChI=1S/C15H20O/c1-10-8-13-9-11(2)15(10,3)6-4-12-5-7-16-14(12)13/h5,7-8,11,13H,4,6,9H2,1-3H3/t11-,13-,15+/m1/s1. The fourth-order valence-electron chi connectivity index (χ4n) is 3.49. The van der Waals surface area contributed by atoms with E-state index in [1.807, 2.05) is 6.26 Å². The van der Waals surface area contributed by atoms with Crippen LogP contribution < -0.4 is 0 Å². The Morgan fingerprint density at radius 1 is 1.44 bits per heavy atom. The first-order chi connectivity index (χ1) is 7.61. The summed E-state index contributed by atoms with van der Waals surface area (Å²) in [6.07, 6.45) is 7.99. The molecule has 3 aliphatic carbocycles. The largest absolute Gasteiger partial charge is 0.468 e. The average molecular weight is 216 g/mol. The predicted octanol–water partition coefficient (Wildman–Crippen LogP) is 4.30. The molecule has 1 heteroatoms. The van der Waals surface area contributed by atoms with Gasteiger partial charge in [-0.1, -0.05) is 25.5 Å². The minimum Gasteiger partial charge on any atom is -0.468 e. The van der Waals surface area contributed by atoms with Crippen molar-refractivity contribution < 1.29 is 4.42 Å². The topological polar surface area (TPSA) is 13.1 Å². The van der Waals surface area contributed by atoms with Gasteiger partial charge in [-0.2, -0.15) is 0 Å². The monoisotopic (exact) mass is 216 g/mol. The number of furan rings is 1. The zero-order valence-corrected chi connectivity index (χ0v) is 10.4. The van der Waals surface area contributed by atoms with Crippen molar-refractivity contribution in [3.05, 3.63) is 35.3 Å². The van der Waals surface area contributed by atoms with Gasteiger partial charge in [0.15, 0.2) is 0 Å². The molecule has 2 bridgehead atoms. The summed E-state index contributed by atoms with van der Waals surface area (Å²) in [5.41, 5.74) is 3.41. The molecule has 1 nitrogen and oxygen atoms in total. The molecule has 4 rings (SSSR count). The maximum Gasteiger partial charge on any atom is 0.113 e. The Bertz CT molecular complexity index is 440. The Morgan fingerprint density at radius 2 is 2.25 bits per heavy atom. The fraction of sp³-hybridized carbons (Fsp3) is 0.600. The van der Waals surface area contributed by atoms with Crippen molar-refractivity contribution in [2.45, 2.75) is 46.0 Å². The lowest BCUT2D eigenvalue weighted by molar-refractivity contribution is 0.188. The third-order valence-electron chi connectivity index (χ3n) is 5.08. The minimum absolute atomic E-state index is 0.408. The van der Waals surface area contributed by atoms with Crippen molar-refractivity contribution in [1.82, 2.24) is 0 Å². The predicted molar refractivity (Wildman–Crippen MR) is 65.4 cm³/mol. The molecule has 3 atom stereocenters. The van der Waals surface area contributed by atoms with Crippen LogP contribution in [-0.2, 0) is 6.42 Å². The Balaban J connectivity index is 2.14. The van der Waals surface area contributed by atoms with E-state index in [-0.39, 0.29) is 0 Å². The van der Waals surface area contributed by atoms with E-state index in [9.17, 15) is 0 Å². The average Bonchev–Trinajstić information content (AvgIpc) is 2.69. The zero-order chi connectivity index (χ0) is 11.3. The number of hydrogen-bond acceptors (Lipinski definition) is 1. The summed E-state index contributed by atoms with van der Waals surface area (Å²) in [6, 6.07) is 2.16. The maximum atomic E-state index is 5.70. The van der Waals surface area contributed by atoms with Gasteiger partial charge < -0.3 is 4.42 Å². The van der Waals surface area contributed by atoms with Crippen molar-refractivity contribution in [2.75, 3.05) is 0 Å². The first-order valence-corrected chi connectivity index (χ1v) is 6.36. The van der Waals surface area contributed by atoms with Crippen LogP contribution in [0.5, 0.6) is 0 Å². The van der Waals surface area contributed by atoms with E-state index in [0.717, 1.165) is 5.92 Å². The Kier molecular flexibility index (Phi) is 2.07. The van der Waals surface area contributed by atoms with Gasteiger partial charge in [-0.25, -0.2) is 0 Å². The second-order valence-electron chi connectivity index (χ2n) is 5.82. The van der Waals surface area contributed by atoms with Gasteiger partial charge in [0.05, 0.1) is 6.26 Å². The zero-order valence-electron chi connectivity index (χ0n) is 10.4. The SMILES string of the molecule is CC1=C[C@@H]2C[C@@H](C)[C@@]1(C)CCc1ccoc12. The summed E-state index contributed by atoms with van der Waals surface area (Å²) in [4.78, 5) is 0. The number of aryl methyl sites for hydroxylation is 1. The normalized spacial score (nSPS) is 37.6. The molecule has 3 aliphatic rings. The molecule has 0 amide bonds. The molecule has 0 aliphatic heterocycles. The highest BCUT2D eigenvalue weighted by molar-refractivity contribution is 5.33. The Hall–Kier alpha value is -0.980. The molecule has 0 saturated carbocycles. The van der Waals surface area contributed by atoms with E-state index in [1.54, 1.807) is 5.57 Å². The van der Waals surface area contributed by atoms with E-state index < -0.39 is 0 Å². The molecule has 0 saturated heterocycles. The van der Waals surface area contributed by atoms with E-state index in [4.69, 9.17) is 4.42 Å². The maximum absolute atomic E-state index is 5.70. The van der Waals surface area contributed by atoms with Crippen LogP contribution in [0.25, 0.3) is 0 Å². The van der Waals surface area contributed by atoms with Crippen LogP contribution in [0.1, 0.15) is 50.9 Å². The fourth-order valence-corrected chi connectivity index (χ4v) is 3.49. The van der Waals surface area contributed by atoms with Gasteiger partial charge in [-0.15, -0.1) is 0 Å².